The van der Waals surface area contributed by atoms with Crippen molar-refractivity contribution in [2.75, 3.05) is 10.7 Å². The number of nitrogens with zero attached hydrogens (tertiary/aromatic N) is 3. The van der Waals surface area contributed by atoms with Crippen molar-refractivity contribution in [1.82, 2.24) is 14.9 Å². The lowest BCUT2D eigenvalue weighted by molar-refractivity contribution is -0.116. The van der Waals surface area contributed by atoms with Crippen molar-refractivity contribution in [1.29, 1.82) is 0 Å². The second-order valence-corrected chi connectivity index (χ2v) is 8.96. The number of aromatic nitrogens is 3. The highest BCUT2D eigenvalue weighted by molar-refractivity contribution is 8.00. The smallest absolute Gasteiger partial charge is 0.240 e. The molecule has 1 aromatic heterocycles. The van der Waals surface area contributed by atoms with Gasteiger partial charge in [0.1, 0.15) is 5.25 Å². The first kappa shape index (κ1) is 20.5. The van der Waals surface area contributed by atoms with E-state index in [0.29, 0.717) is 0 Å². The second kappa shape index (κ2) is 8.52. The number of aryl methyl sites for hydroxylation is 4. The molecule has 0 unspecified atom stereocenters. The highest BCUT2D eigenvalue weighted by atomic mass is 32.2. The number of hydrogen-bond acceptors (Lipinski definition) is 5. The predicted octanol–water partition coefficient (Wildman–Crippen LogP) is 4.55. The molecule has 0 fully saturated rings. The molecule has 7 heteroatoms. The Hall–Kier alpha value is -2.80. The summed E-state index contributed by atoms with van der Waals surface area (Å²) < 4.78 is 1.94. The van der Waals surface area contributed by atoms with E-state index in [1.165, 1.54) is 22.9 Å². The molecule has 156 valence electrons. The first-order chi connectivity index (χ1) is 14.5. The van der Waals surface area contributed by atoms with Gasteiger partial charge in [0.25, 0.3) is 0 Å². The van der Waals surface area contributed by atoms with Crippen LogP contribution in [0, 0.1) is 20.8 Å². The summed E-state index contributed by atoms with van der Waals surface area (Å²) in [5, 5.41) is 12.1. The van der Waals surface area contributed by atoms with Crippen molar-refractivity contribution in [2.24, 2.45) is 0 Å². The molecule has 30 heavy (non-hydrogen) atoms. The van der Waals surface area contributed by atoms with Crippen LogP contribution in [0.1, 0.15) is 47.5 Å². The van der Waals surface area contributed by atoms with Gasteiger partial charge in [-0.1, -0.05) is 66.2 Å². The van der Waals surface area contributed by atoms with E-state index in [1.807, 2.05) is 30.7 Å². The Bertz CT molecular complexity index is 1060. The zero-order chi connectivity index (χ0) is 21.3. The fourth-order valence-corrected chi connectivity index (χ4v) is 4.76. The van der Waals surface area contributed by atoms with Crippen LogP contribution in [-0.2, 0) is 11.2 Å². The highest BCUT2D eigenvalue weighted by Crippen LogP contribution is 2.38. The lowest BCUT2D eigenvalue weighted by Gasteiger charge is -2.33. The molecular weight excluding hydrogens is 394 g/mol. The fourth-order valence-electron chi connectivity index (χ4n) is 3.67. The molecule has 0 radical (unpaired) electrons. The summed E-state index contributed by atoms with van der Waals surface area (Å²) in [6.07, 6.45) is 1.82. The van der Waals surface area contributed by atoms with Crippen LogP contribution in [0.5, 0.6) is 0 Å². The van der Waals surface area contributed by atoms with Crippen LogP contribution in [0.4, 0.5) is 5.69 Å². The van der Waals surface area contributed by atoms with Gasteiger partial charge in [-0.15, -0.1) is 10.2 Å². The third kappa shape index (κ3) is 4.07. The van der Waals surface area contributed by atoms with E-state index < -0.39 is 0 Å². The van der Waals surface area contributed by atoms with Crippen LogP contribution < -0.4 is 10.7 Å². The second-order valence-electron chi connectivity index (χ2n) is 7.85. The average molecular weight is 422 g/mol. The summed E-state index contributed by atoms with van der Waals surface area (Å²) in [7, 11) is 0. The standard InChI is InChI=1S/C23H27N5OS/c1-5-6-19-25-26-23-28(19)27-20(17-10-7-14(2)8-11-17)21(30-23)22(29)24-18-12-9-15(3)13-16(18)4/h7-13,20-21,27H,5-6H2,1-4H3,(H,24,29)/t20-,21-/m0/s1. The summed E-state index contributed by atoms with van der Waals surface area (Å²) in [6.45, 7) is 8.25. The quantitative estimate of drug-likeness (QED) is 0.632. The Morgan fingerprint density at radius 1 is 1.10 bits per heavy atom. The molecule has 1 aliphatic rings. The number of carbonyl (C=O) groups is 1. The maximum absolute atomic E-state index is 13.4. The molecule has 2 heterocycles. The van der Waals surface area contributed by atoms with Gasteiger partial charge in [-0.05, 0) is 44.4 Å². The van der Waals surface area contributed by atoms with Crippen LogP contribution in [0.25, 0.3) is 0 Å². The Labute approximate surface area is 181 Å². The Kier molecular flexibility index (Phi) is 5.81. The molecule has 2 atom stereocenters. The summed E-state index contributed by atoms with van der Waals surface area (Å²) >= 11 is 1.46. The molecule has 4 rings (SSSR count). The van der Waals surface area contributed by atoms with E-state index in [4.69, 9.17) is 0 Å². The van der Waals surface area contributed by atoms with Crippen LogP contribution >= 0.6 is 11.8 Å². The zero-order valence-corrected chi connectivity index (χ0v) is 18.6. The first-order valence-corrected chi connectivity index (χ1v) is 11.2. The monoisotopic (exact) mass is 421 g/mol. The lowest BCUT2D eigenvalue weighted by atomic mass is 10.0. The zero-order valence-electron chi connectivity index (χ0n) is 17.8. The molecule has 0 saturated carbocycles. The largest absolute Gasteiger partial charge is 0.325 e. The minimum absolute atomic E-state index is 0.0451. The molecule has 2 aromatic carbocycles. The minimum atomic E-state index is -0.375. The Morgan fingerprint density at radius 3 is 2.53 bits per heavy atom. The number of nitrogens with one attached hydrogen (secondary N) is 2. The Balaban J connectivity index is 1.67. The average Bonchev–Trinajstić information content (AvgIpc) is 3.12. The van der Waals surface area contributed by atoms with Gasteiger partial charge >= 0.3 is 0 Å². The molecule has 6 nitrogen and oxygen atoms in total. The molecule has 0 aliphatic carbocycles. The van der Waals surface area contributed by atoms with Gasteiger partial charge in [0.15, 0.2) is 5.82 Å². The minimum Gasteiger partial charge on any atom is -0.325 e. The SMILES string of the molecule is CCCc1nnc2n1N[C@@H](c1ccc(C)cc1)[C@@H](C(=O)Nc1ccc(C)cc1C)S2. The van der Waals surface area contributed by atoms with E-state index in [2.05, 4.69) is 65.1 Å². The van der Waals surface area contributed by atoms with Crippen LogP contribution in [-0.4, -0.2) is 26.0 Å². The van der Waals surface area contributed by atoms with Crippen molar-refractivity contribution >= 4 is 23.4 Å². The topological polar surface area (TPSA) is 71.8 Å². The molecule has 1 amide bonds. The van der Waals surface area contributed by atoms with Gasteiger partial charge in [-0.3, -0.25) is 4.79 Å². The number of anilines is 1. The van der Waals surface area contributed by atoms with E-state index in [-0.39, 0.29) is 17.2 Å². The predicted molar refractivity (Wildman–Crippen MR) is 121 cm³/mol. The Morgan fingerprint density at radius 2 is 1.83 bits per heavy atom. The van der Waals surface area contributed by atoms with Crippen molar-refractivity contribution < 1.29 is 4.79 Å². The number of rotatable bonds is 5. The van der Waals surface area contributed by atoms with Gasteiger partial charge in [0, 0.05) is 12.1 Å². The maximum Gasteiger partial charge on any atom is 0.240 e. The molecule has 0 bridgehead atoms. The van der Waals surface area contributed by atoms with Crippen LogP contribution in [0.15, 0.2) is 47.6 Å². The molecule has 1 aliphatic heterocycles. The van der Waals surface area contributed by atoms with Gasteiger partial charge in [-0.2, -0.15) is 0 Å². The highest BCUT2D eigenvalue weighted by Gasteiger charge is 2.37. The molecular formula is C23H27N5OS. The number of amides is 1. The summed E-state index contributed by atoms with van der Waals surface area (Å²) in [4.78, 5) is 13.4. The third-order valence-electron chi connectivity index (χ3n) is 5.31. The molecule has 0 saturated heterocycles. The van der Waals surface area contributed by atoms with Gasteiger partial charge in [0.2, 0.25) is 11.1 Å². The lowest BCUT2D eigenvalue weighted by Crippen LogP contribution is -2.41. The summed E-state index contributed by atoms with van der Waals surface area (Å²) in [5.74, 6) is 0.849. The number of carbonyl (C=O) groups excluding carboxylic acids is 1. The number of fused-ring (bicyclic) bond motifs is 1. The number of thioether (sulfide) groups is 1. The normalized spacial score (nSPS) is 17.9. The van der Waals surface area contributed by atoms with Crippen molar-refractivity contribution in [3.63, 3.8) is 0 Å². The van der Waals surface area contributed by atoms with E-state index in [1.54, 1.807) is 0 Å². The van der Waals surface area contributed by atoms with Gasteiger partial charge in [-0.25, -0.2) is 4.68 Å². The maximum atomic E-state index is 13.4. The molecule has 2 N–H and O–H groups in total. The van der Waals surface area contributed by atoms with Crippen molar-refractivity contribution in [3.8, 4) is 0 Å². The van der Waals surface area contributed by atoms with Crippen LogP contribution in [0.3, 0.4) is 0 Å². The van der Waals surface area contributed by atoms with E-state index in [9.17, 15) is 4.79 Å². The number of benzene rings is 2. The van der Waals surface area contributed by atoms with E-state index in [0.717, 1.165) is 40.6 Å². The molecule has 0 spiro atoms. The number of hydrogen-bond donors (Lipinski definition) is 2. The first-order valence-electron chi connectivity index (χ1n) is 10.3. The van der Waals surface area contributed by atoms with E-state index >= 15 is 0 Å². The summed E-state index contributed by atoms with van der Waals surface area (Å²) in [5.41, 5.74) is 8.84. The van der Waals surface area contributed by atoms with Crippen molar-refractivity contribution in [2.45, 2.75) is 57.0 Å². The third-order valence-corrected chi connectivity index (χ3v) is 6.53. The van der Waals surface area contributed by atoms with Crippen molar-refractivity contribution in [3.05, 3.63) is 70.5 Å². The van der Waals surface area contributed by atoms with Crippen LogP contribution in [0.2, 0.25) is 0 Å². The van der Waals surface area contributed by atoms with Gasteiger partial charge in [0.05, 0.1) is 6.04 Å². The fraction of sp³-hybridized carbons (Fsp3) is 0.348. The van der Waals surface area contributed by atoms with Gasteiger partial charge < -0.3 is 10.7 Å². The molecule has 3 aromatic rings. The summed E-state index contributed by atoms with van der Waals surface area (Å²) in [6, 6.07) is 14.2.